The Kier molecular flexibility index (Phi) is 4.43. The molecule has 3 heterocycles. The van der Waals surface area contributed by atoms with E-state index in [1.807, 2.05) is 22.7 Å². The predicted octanol–water partition coefficient (Wildman–Crippen LogP) is 11.2. The first-order chi connectivity index (χ1) is 19.4. The van der Waals surface area contributed by atoms with Crippen LogP contribution in [0.2, 0.25) is 0 Å². The third-order valence-electron chi connectivity index (χ3n) is 7.99. The van der Waals surface area contributed by atoms with Crippen molar-refractivity contribution in [1.29, 1.82) is 0 Å². The zero-order chi connectivity index (χ0) is 25.5. The molecular weight excluding hydrogens is 511 g/mol. The Bertz CT molecular complexity index is 2340. The van der Waals surface area contributed by atoms with Gasteiger partial charge in [-0.05, 0) is 41.5 Å². The van der Waals surface area contributed by atoms with Gasteiger partial charge in [-0.2, -0.15) is 0 Å². The minimum atomic E-state index is 1.19. The van der Waals surface area contributed by atoms with Gasteiger partial charge in [-0.1, -0.05) is 97.1 Å². The zero-order valence-electron chi connectivity index (χ0n) is 20.9. The average Bonchev–Trinajstić information content (AvgIpc) is 3.67. The zero-order valence-corrected chi connectivity index (χ0v) is 22.5. The van der Waals surface area contributed by atoms with E-state index < -0.39 is 0 Å². The number of aromatic nitrogens is 1. The standard InChI is InChI=1S/C36H21NS2/c1-2-10-22(11-3-1)23-18-20-24(21-19-23)37-28-15-7-4-12-25(28)31-34(37)32-26-13-5-8-16-29(26)38-36(32)33-27-14-6-9-17-30(27)39-35(31)33/h1-21H. The molecule has 0 saturated carbocycles. The van der Waals surface area contributed by atoms with Gasteiger partial charge in [0.05, 0.1) is 11.0 Å². The summed E-state index contributed by atoms with van der Waals surface area (Å²) in [5, 5.41) is 8.15. The van der Waals surface area contributed by atoms with Crippen molar-refractivity contribution in [3.63, 3.8) is 0 Å². The van der Waals surface area contributed by atoms with Crippen molar-refractivity contribution in [3.05, 3.63) is 127 Å². The van der Waals surface area contributed by atoms with Crippen LogP contribution in [0, 0.1) is 0 Å². The van der Waals surface area contributed by atoms with Crippen LogP contribution in [0.3, 0.4) is 0 Å². The number of fused-ring (bicyclic) bond motifs is 12. The Hall–Kier alpha value is -4.44. The van der Waals surface area contributed by atoms with Gasteiger partial charge in [0.1, 0.15) is 0 Å². The fraction of sp³-hybridized carbons (Fsp3) is 0. The van der Waals surface area contributed by atoms with E-state index in [1.54, 1.807) is 0 Å². The summed E-state index contributed by atoms with van der Waals surface area (Å²) in [4.78, 5) is 0. The first-order valence-corrected chi connectivity index (χ1v) is 14.8. The highest BCUT2D eigenvalue weighted by Crippen LogP contribution is 2.51. The van der Waals surface area contributed by atoms with Gasteiger partial charge in [-0.25, -0.2) is 0 Å². The van der Waals surface area contributed by atoms with Crippen molar-refractivity contribution < 1.29 is 0 Å². The van der Waals surface area contributed by atoms with Gasteiger partial charge in [-0.3, -0.25) is 0 Å². The molecule has 0 atom stereocenters. The lowest BCUT2D eigenvalue weighted by molar-refractivity contribution is 1.19. The molecule has 0 amide bonds. The number of benzene rings is 6. The van der Waals surface area contributed by atoms with Crippen LogP contribution in [0.5, 0.6) is 0 Å². The Labute approximate surface area is 232 Å². The topological polar surface area (TPSA) is 4.93 Å². The molecule has 39 heavy (non-hydrogen) atoms. The first kappa shape index (κ1) is 21.5. The molecule has 0 unspecified atom stereocenters. The summed E-state index contributed by atoms with van der Waals surface area (Å²) in [6.07, 6.45) is 0. The Morgan fingerprint density at radius 1 is 0.410 bits per heavy atom. The van der Waals surface area contributed by atoms with Gasteiger partial charge in [0.2, 0.25) is 0 Å². The molecule has 0 radical (unpaired) electrons. The number of hydrogen-bond acceptors (Lipinski definition) is 2. The summed E-state index contributed by atoms with van der Waals surface area (Å²) >= 11 is 3.86. The lowest BCUT2D eigenvalue weighted by Gasteiger charge is -2.11. The lowest BCUT2D eigenvalue weighted by Crippen LogP contribution is -1.94. The quantitative estimate of drug-likeness (QED) is 0.209. The second kappa shape index (κ2) is 8.03. The van der Waals surface area contributed by atoms with Crippen LogP contribution in [-0.2, 0) is 0 Å². The average molecular weight is 532 g/mol. The van der Waals surface area contributed by atoms with E-state index in [2.05, 4.69) is 132 Å². The smallest absolute Gasteiger partial charge is 0.0648 e. The molecule has 0 bridgehead atoms. The van der Waals surface area contributed by atoms with E-state index in [0.29, 0.717) is 0 Å². The molecule has 0 aliphatic heterocycles. The van der Waals surface area contributed by atoms with Crippen LogP contribution in [0.15, 0.2) is 127 Å². The number of thiophene rings is 2. The van der Waals surface area contributed by atoms with Gasteiger partial charge in [0.25, 0.3) is 0 Å². The molecule has 0 aliphatic carbocycles. The number of rotatable bonds is 2. The molecule has 0 fully saturated rings. The summed E-state index contributed by atoms with van der Waals surface area (Å²) in [6.45, 7) is 0. The molecule has 9 rings (SSSR count). The van der Waals surface area contributed by atoms with Crippen LogP contribution in [-0.4, -0.2) is 4.57 Å². The molecule has 3 aromatic heterocycles. The highest BCUT2D eigenvalue weighted by Gasteiger charge is 2.24. The summed E-state index contributed by atoms with van der Waals surface area (Å²) in [6, 6.07) is 46.4. The molecular formula is C36H21NS2. The summed E-state index contributed by atoms with van der Waals surface area (Å²) in [5.41, 5.74) is 6.23. The third kappa shape index (κ3) is 2.94. The maximum Gasteiger partial charge on any atom is 0.0648 e. The highest BCUT2D eigenvalue weighted by atomic mass is 32.1. The van der Waals surface area contributed by atoms with E-state index in [-0.39, 0.29) is 0 Å². The normalized spacial score (nSPS) is 12.1. The molecule has 3 heteroatoms. The minimum absolute atomic E-state index is 1.19. The molecule has 0 N–H and O–H groups in total. The van der Waals surface area contributed by atoms with Crippen LogP contribution in [0.1, 0.15) is 0 Å². The molecule has 0 spiro atoms. The second-order valence-electron chi connectivity index (χ2n) is 10.1. The van der Waals surface area contributed by atoms with E-state index in [1.165, 1.54) is 79.0 Å². The van der Waals surface area contributed by atoms with Gasteiger partial charge in [0, 0.05) is 56.8 Å². The maximum atomic E-state index is 2.50. The third-order valence-corrected chi connectivity index (χ3v) is 10.4. The molecule has 6 aromatic carbocycles. The van der Waals surface area contributed by atoms with E-state index in [4.69, 9.17) is 0 Å². The van der Waals surface area contributed by atoms with Crippen LogP contribution in [0.25, 0.3) is 79.0 Å². The lowest BCUT2D eigenvalue weighted by atomic mass is 10.0. The van der Waals surface area contributed by atoms with Crippen molar-refractivity contribution in [2.24, 2.45) is 0 Å². The van der Waals surface area contributed by atoms with Crippen molar-refractivity contribution in [3.8, 4) is 16.8 Å². The fourth-order valence-corrected chi connectivity index (χ4v) is 8.92. The maximum absolute atomic E-state index is 2.50. The molecule has 1 nitrogen and oxygen atoms in total. The van der Waals surface area contributed by atoms with E-state index in [0.717, 1.165) is 0 Å². The molecule has 182 valence electrons. The summed E-state index contributed by atoms with van der Waals surface area (Å²) in [7, 11) is 0. The molecule has 0 aliphatic rings. The van der Waals surface area contributed by atoms with Crippen molar-refractivity contribution in [2.45, 2.75) is 0 Å². The fourth-order valence-electron chi connectivity index (χ4n) is 6.31. The largest absolute Gasteiger partial charge is 0.309 e. The first-order valence-electron chi connectivity index (χ1n) is 13.2. The van der Waals surface area contributed by atoms with Gasteiger partial charge in [-0.15, -0.1) is 22.7 Å². The summed E-state index contributed by atoms with van der Waals surface area (Å²) in [5.74, 6) is 0. The monoisotopic (exact) mass is 531 g/mol. The Morgan fingerprint density at radius 2 is 0.923 bits per heavy atom. The van der Waals surface area contributed by atoms with E-state index >= 15 is 0 Å². The van der Waals surface area contributed by atoms with E-state index in [9.17, 15) is 0 Å². The summed E-state index contributed by atoms with van der Waals surface area (Å²) < 4.78 is 7.97. The number of nitrogens with zero attached hydrogens (tertiary/aromatic N) is 1. The van der Waals surface area contributed by atoms with Crippen LogP contribution < -0.4 is 0 Å². The Balaban J connectivity index is 1.50. The van der Waals surface area contributed by atoms with Crippen LogP contribution >= 0.6 is 22.7 Å². The number of para-hydroxylation sites is 1. The second-order valence-corrected chi connectivity index (χ2v) is 12.2. The Morgan fingerprint density at radius 3 is 1.62 bits per heavy atom. The van der Waals surface area contributed by atoms with Gasteiger partial charge in [0.15, 0.2) is 0 Å². The minimum Gasteiger partial charge on any atom is -0.309 e. The molecule has 9 aromatic rings. The van der Waals surface area contributed by atoms with Gasteiger partial charge < -0.3 is 4.57 Å². The molecule has 0 saturated heterocycles. The number of hydrogen-bond donors (Lipinski definition) is 0. The van der Waals surface area contributed by atoms with Gasteiger partial charge >= 0.3 is 0 Å². The van der Waals surface area contributed by atoms with Crippen molar-refractivity contribution >= 4 is 84.8 Å². The van der Waals surface area contributed by atoms with Crippen molar-refractivity contribution in [2.75, 3.05) is 0 Å². The van der Waals surface area contributed by atoms with Crippen LogP contribution in [0.4, 0.5) is 0 Å². The van der Waals surface area contributed by atoms with Crippen molar-refractivity contribution in [1.82, 2.24) is 4.57 Å². The highest BCUT2D eigenvalue weighted by molar-refractivity contribution is 7.30. The SMILES string of the molecule is c1ccc(-c2ccc(-n3c4ccccc4c4c5sc6ccccc6c5c5sc6ccccc6c5c43)cc2)cc1. The predicted molar refractivity (Wildman–Crippen MR) is 172 cm³/mol.